The number of hydrogen-bond acceptors (Lipinski definition) is 0. The molecule has 0 atom stereocenters. The molecule has 0 bridgehead atoms. The second-order valence-electron chi connectivity index (χ2n) is 2.77. The van der Waals surface area contributed by atoms with Crippen molar-refractivity contribution in [2.24, 2.45) is 0 Å². The monoisotopic (exact) mass is 280 g/mol. The lowest BCUT2D eigenvalue weighted by molar-refractivity contribution is 0.772. The summed E-state index contributed by atoms with van der Waals surface area (Å²) < 4.78 is 0. The van der Waals surface area contributed by atoms with E-state index in [1.807, 2.05) is 55.4 Å². The van der Waals surface area contributed by atoms with Crippen molar-refractivity contribution in [2.75, 3.05) is 0 Å². The number of rotatable bonds is 2. The summed E-state index contributed by atoms with van der Waals surface area (Å²) in [7, 11) is 0. The molecule has 0 amide bonds. The van der Waals surface area contributed by atoms with Gasteiger partial charge in [-0.2, -0.15) is 0 Å². The summed E-state index contributed by atoms with van der Waals surface area (Å²) in [5.41, 5.74) is 0. The first-order chi connectivity index (χ1) is 9.24. The molecule has 128 valence electrons. The zero-order valence-corrected chi connectivity index (χ0v) is 17.5. The zero-order valence-electron chi connectivity index (χ0n) is 17.5. The van der Waals surface area contributed by atoms with Gasteiger partial charge in [-0.1, -0.05) is 129 Å². The van der Waals surface area contributed by atoms with Crippen molar-refractivity contribution in [3.63, 3.8) is 0 Å². The van der Waals surface area contributed by atoms with Gasteiger partial charge in [0.2, 0.25) is 0 Å². The highest BCUT2D eigenvalue weighted by Crippen LogP contribution is 1.88. The first-order valence-electron chi connectivity index (χ1n) is 9.24. The van der Waals surface area contributed by atoms with Crippen LogP contribution in [-0.2, 0) is 0 Å². The maximum absolute atomic E-state index is 2.21. The summed E-state index contributed by atoms with van der Waals surface area (Å²) in [5.74, 6) is 0. The Morgan fingerprint density at radius 3 is 0.474 bits per heavy atom. The van der Waals surface area contributed by atoms with Crippen molar-refractivity contribution in [2.45, 2.75) is 129 Å². The smallest absolute Gasteiger partial charge is 0.0538 e. The summed E-state index contributed by atoms with van der Waals surface area (Å²) in [6, 6.07) is 0. The maximum atomic E-state index is 2.21. The van der Waals surface area contributed by atoms with E-state index in [0.29, 0.717) is 0 Å². The Morgan fingerprint density at radius 2 is 0.474 bits per heavy atom. The van der Waals surface area contributed by atoms with Crippen LogP contribution in [0.15, 0.2) is 0 Å². The van der Waals surface area contributed by atoms with Crippen LogP contribution in [-0.4, -0.2) is 0 Å². The van der Waals surface area contributed by atoms with Crippen molar-refractivity contribution < 1.29 is 0 Å². The van der Waals surface area contributed by atoms with Crippen LogP contribution in [0.3, 0.4) is 0 Å². The van der Waals surface area contributed by atoms with Gasteiger partial charge < -0.3 is 0 Å². The lowest BCUT2D eigenvalue weighted by Crippen LogP contribution is -1.59. The second-order valence-corrected chi connectivity index (χ2v) is 2.77. The number of hydrogen-bond donors (Lipinski definition) is 0. The third kappa shape index (κ3) is 1150. The van der Waals surface area contributed by atoms with Crippen LogP contribution in [0.4, 0.5) is 0 Å². The molecule has 0 N–H and O–H groups in total. The van der Waals surface area contributed by atoms with Crippen LogP contribution in [0, 0.1) is 0 Å². The van der Waals surface area contributed by atoms with Gasteiger partial charge in [-0.3, -0.25) is 0 Å². The fraction of sp³-hybridized carbons (Fsp3) is 1.00. The van der Waals surface area contributed by atoms with Gasteiger partial charge in [0.05, 0.1) is 0 Å². The van der Waals surface area contributed by atoms with E-state index in [9.17, 15) is 0 Å². The first kappa shape index (κ1) is 42.8. The highest BCUT2D eigenvalue weighted by molar-refractivity contribution is 4.24. The van der Waals surface area contributed by atoms with E-state index in [0.717, 1.165) is 0 Å². The Kier molecular flexibility index (Phi) is 468. The molecule has 0 saturated heterocycles. The van der Waals surface area contributed by atoms with Gasteiger partial charge in [0.1, 0.15) is 0 Å². The van der Waals surface area contributed by atoms with E-state index in [1.54, 1.807) is 0 Å². The van der Waals surface area contributed by atoms with Crippen molar-refractivity contribution >= 4 is 0 Å². The van der Waals surface area contributed by atoms with Crippen molar-refractivity contribution in [3.8, 4) is 0 Å². The van der Waals surface area contributed by atoms with E-state index in [2.05, 4.69) is 41.5 Å². The minimum atomic E-state index is 1.25. The fourth-order valence-corrected chi connectivity index (χ4v) is 0.354. The molecule has 0 nitrogen and oxygen atoms in total. The van der Waals surface area contributed by atoms with E-state index in [4.69, 9.17) is 0 Å². The Morgan fingerprint density at radius 1 is 0.368 bits per heavy atom. The topological polar surface area (TPSA) is 0 Å². The van der Waals surface area contributed by atoms with Crippen molar-refractivity contribution in [3.05, 3.63) is 0 Å². The standard InChI is InChI=1S/C5H12.2C3H8.4C2H6/c1-3-5-4-2;2*1-3-2;4*1-2/h3-5H2,1-2H3;2*3H2,1-2H3;4*1-2H3. The predicted octanol–water partition coefficient (Wildman–Crippen LogP) is 9.13. The van der Waals surface area contributed by atoms with Gasteiger partial charge in [-0.05, 0) is 0 Å². The summed E-state index contributed by atoms with van der Waals surface area (Å²) in [6.07, 6.45) is 6.58. The van der Waals surface area contributed by atoms with Gasteiger partial charge in [-0.25, -0.2) is 0 Å². The van der Waals surface area contributed by atoms with Gasteiger partial charge in [0.15, 0.2) is 0 Å². The molecule has 0 aromatic rings. The molecule has 0 heterocycles. The zero-order chi connectivity index (χ0) is 17.5. The minimum Gasteiger partial charge on any atom is -0.0683 e. The Labute approximate surface area is 129 Å². The quantitative estimate of drug-likeness (QED) is 0.473. The highest BCUT2D eigenvalue weighted by atomic mass is 13.7. The molecule has 0 aromatic carbocycles. The average molecular weight is 281 g/mol. The highest BCUT2D eigenvalue weighted by Gasteiger charge is 1.68. The lowest BCUT2D eigenvalue weighted by atomic mass is 10.3. The van der Waals surface area contributed by atoms with Crippen LogP contribution < -0.4 is 0 Å². The molecule has 0 aliphatic heterocycles. The van der Waals surface area contributed by atoms with Crippen LogP contribution in [0.25, 0.3) is 0 Å². The molecule has 0 unspecified atom stereocenters. The van der Waals surface area contributed by atoms with Crippen LogP contribution >= 0.6 is 0 Å². The summed E-state index contributed by atoms with van der Waals surface area (Å²) in [6.45, 7) is 28.9. The molecule has 0 radical (unpaired) electrons. The summed E-state index contributed by atoms with van der Waals surface area (Å²) in [4.78, 5) is 0. The Bertz CT molecular complexity index is 19.2. The van der Waals surface area contributed by atoms with E-state index < -0.39 is 0 Å². The van der Waals surface area contributed by atoms with Crippen LogP contribution in [0.1, 0.15) is 129 Å². The molecule has 0 fully saturated rings. The van der Waals surface area contributed by atoms with Gasteiger partial charge >= 0.3 is 0 Å². The van der Waals surface area contributed by atoms with E-state index in [1.165, 1.54) is 32.1 Å². The Hall–Kier alpha value is 0. The Balaban J connectivity index is -0.0000000185. The van der Waals surface area contributed by atoms with Crippen LogP contribution in [0.5, 0.6) is 0 Å². The average Bonchev–Trinajstić information content (AvgIpc) is 2.50. The molecule has 0 aromatic heterocycles. The van der Waals surface area contributed by atoms with Crippen molar-refractivity contribution in [1.82, 2.24) is 0 Å². The van der Waals surface area contributed by atoms with Crippen molar-refractivity contribution in [1.29, 1.82) is 0 Å². The third-order valence-corrected chi connectivity index (χ3v) is 0.707. The van der Waals surface area contributed by atoms with Gasteiger partial charge in [0, 0.05) is 0 Å². The molecular weight excluding hydrogens is 228 g/mol. The molecule has 0 aliphatic carbocycles. The third-order valence-electron chi connectivity index (χ3n) is 0.707. The summed E-state index contributed by atoms with van der Waals surface area (Å²) >= 11 is 0. The predicted molar refractivity (Wildman–Crippen MR) is 103 cm³/mol. The van der Waals surface area contributed by atoms with Gasteiger partial charge in [0.25, 0.3) is 0 Å². The van der Waals surface area contributed by atoms with Gasteiger partial charge in [-0.15, -0.1) is 0 Å². The molecule has 0 rings (SSSR count). The normalized spacial score (nSPS) is 5.37. The summed E-state index contributed by atoms with van der Waals surface area (Å²) in [5, 5.41) is 0. The fourth-order valence-electron chi connectivity index (χ4n) is 0.354. The molecule has 19 heavy (non-hydrogen) atoms. The lowest BCUT2D eigenvalue weighted by Gasteiger charge is -1.79. The molecule has 0 heteroatoms. The van der Waals surface area contributed by atoms with E-state index in [-0.39, 0.29) is 0 Å². The SMILES string of the molecule is CC.CC.CC.CC.CCC.CCC.CCCCC. The first-order valence-corrected chi connectivity index (χ1v) is 9.24. The molecule has 0 aliphatic rings. The maximum Gasteiger partial charge on any atom is -0.0538 e. The minimum absolute atomic E-state index is 1.25. The van der Waals surface area contributed by atoms with E-state index >= 15 is 0 Å². The number of unbranched alkanes of at least 4 members (excludes halogenated alkanes) is 2. The largest absolute Gasteiger partial charge is 0.0683 e. The molecular formula is C19H52. The second kappa shape index (κ2) is 208. The molecule has 0 spiro atoms. The molecule has 0 saturated carbocycles. The van der Waals surface area contributed by atoms with Crippen LogP contribution in [0.2, 0.25) is 0 Å².